The van der Waals surface area contributed by atoms with E-state index in [1.54, 1.807) is 0 Å². The summed E-state index contributed by atoms with van der Waals surface area (Å²) in [7, 11) is 0. The number of benzene rings is 3. The maximum Gasteiger partial charge on any atom is 0.122 e. The molecule has 0 aliphatic carbocycles. The van der Waals surface area contributed by atoms with Crippen molar-refractivity contribution in [2.24, 2.45) is 5.73 Å². The molecule has 0 radical (unpaired) electrons. The molecular weight excluding hydrogens is 459 g/mol. The van der Waals surface area contributed by atoms with Crippen LogP contribution in [0.3, 0.4) is 0 Å². The van der Waals surface area contributed by atoms with Crippen molar-refractivity contribution >= 4 is 22.6 Å². The van der Waals surface area contributed by atoms with Crippen LogP contribution in [0.25, 0.3) is 11.1 Å². The van der Waals surface area contributed by atoms with Crippen LogP contribution in [0.15, 0.2) is 66.7 Å². The molecule has 0 amide bonds. The Hall–Kier alpha value is -1.89. The van der Waals surface area contributed by atoms with Gasteiger partial charge in [-0.05, 0) is 88.5 Å². The van der Waals surface area contributed by atoms with E-state index in [1.807, 2.05) is 0 Å². The summed E-state index contributed by atoms with van der Waals surface area (Å²) in [4.78, 5) is 0. The molecule has 0 aromatic heterocycles. The molecule has 0 bridgehead atoms. The standard InChI is InChI=1S/C24H27IN2O/c1-17-13-22(21-7-10-23(25)11-8-21)9-12-24(17)28-16-18(2)27-15-20-5-3-19(14-26)4-6-20/h3-13,18,27H,14-16,26H2,1-2H3. The zero-order valence-electron chi connectivity index (χ0n) is 16.4. The van der Waals surface area contributed by atoms with Crippen LogP contribution in [0, 0.1) is 10.5 Å². The minimum atomic E-state index is 0.254. The van der Waals surface area contributed by atoms with Gasteiger partial charge >= 0.3 is 0 Å². The van der Waals surface area contributed by atoms with Gasteiger partial charge in [0.1, 0.15) is 12.4 Å². The van der Waals surface area contributed by atoms with Gasteiger partial charge in [-0.3, -0.25) is 0 Å². The third kappa shape index (κ3) is 5.80. The van der Waals surface area contributed by atoms with E-state index in [1.165, 1.54) is 20.3 Å². The first kappa shape index (κ1) is 20.8. The van der Waals surface area contributed by atoms with Crippen molar-refractivity contribution in [3.63, 3.8) is 0 Å². The highest BCUT2D eigenvalue weighted by Crippen LogP contribution is 2.26. The van der Waals surface area contributed by atoms with E-state index in [0.717, 1.165) is 23.4 Å². The summed E-state index contributed by atoms with van der Waals surface area (Å²) >= 11 is 2.33. The second kappa shape index (κ2) is 10.0. The van der Waals surface area contributed by atoms with E-state index in [0.29, 0.717) is 13.2 Å². The summed E-state index contributed by atoms with van der Waals surface area (Å²) in [5.74, 6) is 0.940. The van der Waals surface area contributed by atoms with Gasteiger partial charge < -0.3 is 15.8 Å². The molecular formula is C24H27IN2O. The highest BCUT2D eigenvalue weighted by Gasteiger charge is 2.07. The van der Waals surface area contributed by atoms with Gasteiger partial charge in [-0.15, -0.1) is 0 Å². The molecule has 3 aromatic rings. The fourth-order valence-corrected chi connectivity index (χ4v) is 3.35. The van der Waals surface area contributed by atoms with Crippen LogP contribution in [0.2, 0.25) is 0 Å². The maximum absolute atomic E-state index is 6.05. The number of hydrogen-bond acceptors (Lipinski definition) is 3. The molecule has 0 spiro atoms. The van der Waals surface area contributed by atoms with Gasteiger partial charge in [0.2, 0.25) is 0 Å². The smallest absolute Gasteiger partial charge is 0.122 e. The van der Waals surface area contributed by atoms with E-state index >= 15 is 0 Å². The van der Waals surface area contributed by atoms with Gasteiger partial charge in [0.15, 0.2) is 0 Å². The molecule has 28 heavy (non-hydrogen) atoms. The van der Waals surface area contributed by atoms with E-state index in [2.05, 4.69) is 108 Å². The lowest BCUT2D eigenvalue weighted by atomic mass is 10.0. The van der Waals surface area contributed by atoms with Crippen molar-refractivity contribution < 1.29 is 4.74 Å². The number of nitrogens with one attached hydrogen (secondary N) is 1. The lowest BCUT2D eigenvalue weighted by Crippen LogP contribution is -2.31. The molecule has 1 atom stereocenters. The fraction of sp³-hybridized carbons (Fsp3) is 0.250. The van der Waals surface area contributed by atoms with Gasteiger partial charge in [0, 0.05) is 22.7 Å². The zero-order valence-corrected chi connectivity index (χ0v) is 18.6. The quantitative estimate of drug-likeness (QED) is 0.426. The van der Waals surface area contributed by atoms with Crippen molar-refractivity contribution in [3.05, 3.63) is 87.0 Å². The van der Waals surface area contributed by atoms with Gasteiger partial charge in [0.25, 0.3) is 0 Å². The number of nitrogens with two attached hydrogens (primary N) is 1. The predicted octanol–water partition coefficient (Wildman–Crippen LogP) is 5.28. The number of hydrogen-bond donors (Lipinski definition) is 2. The van der Waals surface area contributed by atoms with Gasteiger partial charge in [0.05, 0.1) is 0 Å². The van der Waals surface area contributed by atoms with Crippen molar-refractivity contribution in [2.45, 2.75) is 33.0 Å². The predicted molar refractivity (Wildman–Crippen MR) is 125 cm³/mol. The van der Waals surface area contributed by atoms with Crippen LogP contribution in [0.1, 0.15) is 23.6 Å². The minimum Gasteiger partial charge on any atom is -0.492 e. The average Bonchev–Trinajstić information content (AvgIpc) is 2.72. The first-order valence-electron chi connectivity index (χ1n) is 9.56. The van der Waals surface area contributed by atoms with Crippen molar-refractivity contribution in [3.8, 4) is 16.9 Å². The second-order valence-corrected chi connectivity index (χ2v) is 8.35. The number of halogens is 1. The largest absolute Gasteiger partial charge is 0.492 e. The highest BCUT2D eigenvalue weighted by molar-refractivity contribution is 14.1. The lowest BCUT2D eigenvalue weighted by molar-refractivity contribution is 0.271. The zero-order chi connectivity index (χ0) is 19.9. The Bertz CT molecular complexity index is 891. The summed E-state index contributed by atoms with van der Waals surface area (Å²) < 4.78 is 7.30. The Balaban J connectivity index is 1.52. The molecule has 3 aromatic carbocycles. The molecule has 0 aliphatic rings. The van der Waals surface area contributed by atoms with Crippen LogP contribution < -0.4 is 15.8 Å². The molecule has 3 rings (SSSR count). The number of aryl methyl sites for hydroxylation is 1. The molecule has 0 saturated heterocycles. The summed E-state index contributed by atoms with van der Waals surface area (Å²) in [5.41, 5.74) is 11.7. The Morgan fingerprint density at radius 3 is 2.21 bits per heavy atom. The van der Waals surface area contributed by atoms with Crippen molar-refractivity contribution in [2.75, 3.05) is 6.61 Å². The van der Waals surface area contributed by atoms with Crippen LogP contribution in [0.4, 0.5) is 0 Å². The summed E-state index contributed by atoms with van der Waals surface area (Å²) in [5, 5.41) is 3.51. The highest BCUT2D eigenvalue weighted by atomic mass is 127. The topological polar surface area (TPSA) is 47.3 Å². The van der Waals surface area contributed by atoms with E-state index in [-0.39, 0.29) is 6.04 Å². The minimum absolute atomic E-state index is 0.254. The Labute approximate surface area is 181 Å². The van der Waals surface area contributed by atoms with Crippen LogP contribution in [-0.4, -0.2) is 12.6 Å². The van der Waals surface area contributed by atoms with Crippen LogP contribution in [-0.2, 0) is 13.1 Å². The summed E-state index contributed by atoms with van der Waals surface area (Å²) in [6, 6.07) is 23.6. The number of ether oxygens (including phenoxy) is 1. The first-order chi connectivity index (χ1) is 13.5. The van der Waals surface area contributed by atoms with Crippen LogP contribution >= 0.6 is 22.6 Å². The molecule has 146 valence electrons. The molecule has 3 nitrogen and oxygen atoms in total. The molecule has 3 N–H and O–H groups in total. The third-order valence-electron chi connectivity index (χ3n) is 4.75. The monoisotopic (exact) mass is 486 g/mol. The summed E-state index contributed by atoms with van der Waals surface area (Å²) in [6.45, 7) is 6.27. The fourth-order valence-electron chi connectivity index (χ4n) is 2.99. The first-order valence-corrected chi connectivity index (χ1v) is 10.6. The van der Waals surface area contributed by atoms with Crippen molar-refractivity contribution in [1.82, 2.24) is 5.32 Å². The molecule has 0 heterocycles. The Kier molecular flexibility index (Phi) is 7.48. The Morgan fingerprint density at radius 1 is 0.929 bits per heavy atom. The number of rotatable bonds is 8. The third-order valence-corrected chi connectivity index (χ3v) is 5.47. The van der Waals surface area contributed by atoms with Crippen molar-refractivity contribution in [1.29, 1.82) is 0 Å². The molecule has 0 saturated carbocycles. The normalized spacial score (nSPS) is 12.0. The van der Waals surface area contributed by atoms with Gasteiger partial charge in [-0.1, -0.05) is 42.5 Å². The van der Waals surface area contributed by atoms with Gasteiger partial charge in [-0.2, -0.15) is 0 Å². The van der Waals surface area contributed by atoms with E-state index in [4.69, 9.17) is 10.5 Å². The SMILES string of the molecule is Cc1cc(-c2ccc(I)cc2)ccc1OCC(C)NCc1ccc(CN)cc1. The maximum atomic E-state index is 6.05. The lowest BCUT2D eigenvalue weighted by Gasteiger charge is -2.17. The van der Waals surface area contributed by atoms with Crippen LogP contribution in [0.5, 0.6) is 5.75 Å². The molecule has 0 fully saturated rings. The van der Waals surface area contributed by atoms with Gasteiger partial charge in [-0.25, -0.2) is 0 Å². The molecule has 1 unspecified atom stereocenters. The average molecular weight is 486 g/mol. The second-order valence-electron chi connectivity index (χ2n) is 7.10. The molecule has 4 heteroatoms. The van der Waals surface area contributed by atoms with E-state index < -0.39 is 0 Å². The Morgan fingerprint density at radius 2 is 1.57 bits per heavy atom. The molecule has 0 aliphatic heterocycles. The summed E-state index contributed by atoms with van der Waals surface area (Å²) in [6.07, 6.45) is 0. The van der Waals surface area contributed by atoms with E-state index in [9.17, 15) is 0 Å².